The summed E-state index contributed by atoms with van der Waals surface area (Å²) >= 11 is 9.30. The van der Waals surface area contributed by atoms with Crippen LogP contribution in [0.5, 0.6) is 5.75 Å². The van der Waals surface area contributed by atoms with Crippen LogP contribution in [0.15, 0.2) is 53.0 Å². The van der Waals surface area contributed by atoms with Crippen molar-refractivity contribution in [3.8, 4) is 5.75 Å². The van der Waals surface area contributed by atoms with Gasteiger partial charge in [-0.05, 0) is 53.0 Å². The molecular weight excluding hydrogens is 444 g/mol. The first-order valence-electron chi connectivity index (χ1n) is 9.11. The molecule has 2 aromatic rings. The first-order valence-corrected chi connectivity index (χ1v) is 10.3. The second kappa shape index (κ2) is 11.1. The van der Waals surface area contributed by atoms with Gasteiger partial charge in [0.2, 0.25) is 5.91 Å². The second-order valence-corrected chi connectivity index (χ2v) is 7.63. The summed E-state index contributed by atoms with van der Waals surface area (Å²) < 4.78 is 6.32. The number of amides is 2. The molecule has 7 heteroatoms. The van der Waals surface area contributed by atoms with Crippen molar-refractivity contribution in [1.29, 1.82) is 0 Å². The number of rotatable bonds is 9. The molecule has 2 rings (SSSR count). The van der Waals surface area contributed by atoms with Gasteiger partial charge in [0.25, 0.3) is 5.91 Å². The quantitative estimate of drug-likeness (QED) is 0.594. The summed E-state index contributed by atoms with van der Waals surface area (Å²) in [5, 5.41) is 3.41. The Morgan fingerprint density at radius 1 is 1.21 bits per heavy atom. The zero-order chi connectivity index (χ0) is 20.5. The van der Waals surface area contributed by atoms with Gasteiger partial charge in [0.15, 0.2) is 6.61 Å². The molecular formula is C21H24BrClN2O3. The van der Waals surface area contributed by atoms with Crippen molar-refractivity contribution in [3.63, 3.8) is 0 Å². The van der Waals surface area contributed by atoms with Crippen molar-refractivity contribution in [2.75, 3.05) is 13.2 Å². The van der Waals surface area contributed by atoms with Gasteiger partial charge in [-0.2, -0.15) is 0 Å². The maximum Gasteiger partial charge on any atom is 0.261 e. The molecule has 0 saturated carbocycles. The molecule has 2 amide bonds. The Bertz CT molecular complexity index is 801. The Labute approximate surface area is 179 Å². The minimum Gasteiger partial charge on any atom is -0.483 e. The van der Waals surface area contributed by atoms with E-state index < -0.39 is 6.04 Å². The van der Waals surface area contributed by atoms with Gasteiger partial charge < -0.3 is 15.0 Å². The Balaban J connectivity index is 2.12. The van der Waals surface area contributed by atoms with E-state index in [-0.39, 0.29) is 18.4 Å². The summed E-state index contributed by atoms with van der Waals surface area (Å²) in [5.74, 6) is 0.0594. The van der Waals surface area contributed by atoms with E-state index in [0.29, 0.717) is 28.3 Å². The van der Waals surface area contributed by atoms with Crippen LogP contribution in [0.4, 0.5) is 0 Å². The van der Waals surface area contributed by atoms with Crippen molar-refractivity contribution in [2.45, 2.75) is 32.9 Å². The monoisotopic (exact) mass is 466 g/mol. The molecule has 0 radical (unpaired) electrons. The topological polar surface area (TPSA) is 58.6 Å². The predicted octanol–water partition coefficient (Wildman–Crippen LogP) is 4.42. The summed E-state index contributed by atoms with van der Waals surface area (Å²) in [6, 6.07) is 14.0. The fraction of sp³-hybridized carbons (Fsp3) is 0.333. The van der Waals surface area contributed by atoms with Crippen LogP contribution < -0.4 is 10.1 Å². The van der Waals surface area contributed by atoms with Gasteiger partial charge in [-0.15, -0.1) is 0 Å². The Morgan fingerprint density at radius 3 is 2.57 bits per heavy atom. The van der Waals surface area contributed by atoms with E-state index in [9.17, 15) is 9.59 Å². The number of hydrogen-bond donors (Lipinski definition) is 1. The summed E-state index contributed by atoms with van der Waals surface area (Å²) in [6.07, 6.45) is 0.832. The third-order valence-electron chi connectivity index (χ3n) is 4.16. The predicted molar refractivity (Wildman–Crippen MR) is 114 cm³/mol. The molecule has 0 unspecified atom stereocenters. The lowest BCUT2D eigenvalue weighted by Crippen LogP contribution is -2.49. The molecule has 1 N–H and O–H groups in total. The molecule has 2 aromatic carbocycles. The lowest BCUT2D eigenvalue weighted by atomic mass is 10.1. The molecule has 150 valence electrons. The van der Waals surface area contributed by atoms with E-state index in [1.807, 2.05) is 37.3 Å². The first kappa shape index (κ1) is 22.2. The van der Waals surface area contributed by atoms with E-state index in [1.165, 1.54) is 4.90 Å². The fourth-order valence-corrected chi connectivity index (χ4v) is 3.37. The number of benzene rings is 2. The van der Waals surface area contributed by atoms with Crippen LogP contribution in [-0.4, -0.2) is 35.9 Å². The van der Waals surface area contributed by atoms with E-state index in [1.54, 1.807) is 25.1 Å². The van der Waals surface area contributed by atoms with Crippen LogP contribution in [0.3, 0.4) is 0 Å². The average molecular weight is 468 g/mol. The van der Waals surface area contributed by atoms with E-state index in [4.69, 9.17) is 16.3 Å². The molecule has 0 aliphatic heterocycles. The SMILES string of the molecule is CCCNC(=O)[C@@H](C)N(Cc1ccccc1)C(=O)COc1ccc(Cl)cc1Br. The zero-order valence-electron chi connectivity index (χ0n) is 16.0. The van der Waals surface area contributed by atoms with E-state index in [2.05, 4.69) is 21.2 Å². The molecule has 5 nitrogen and oxygen atoms in total. The minimum absolute atomic E-state index is 0.182. The highest BCUT2D eigenvalue weighted by Crippen LogP contribution is 2.28. The lowest BCUT2D eigenvalue weighted by Gasteiger charge is -2.28. The van der Waals surface area contributed by atoms with Crippen LogP contribution in [-0.2, 0) is 16.1 Å². The van der Waals surface area contributed by atoms with Crippen LogP contribution in [0.1, 0.15) is 25.8 Å². The van der Waals surface area contributed by atoms with Crippen molar-refractivity contribution in [1.82, 2.24) is 10.2 Å². The normalized spacial score (nSPS) is 11.6. The molecule has 1 atom stereocenters. The Morgan fingerprint density at radius 2 is 1.93 bits per heavy atom. The van der Waals surface area contributed by atoms with Gasteiger partial charge in [-0.25, -0.2) is 0 Å². The highest BCUT2D eigenvalue weighted by Gasteiger charge is 2.26. The number of halogens is 2. The summed E-state index contributed by atoms with van der Waals surface area (Å²) in [6.45, 7) is 4.43. The van der Waals surface area contributed by atoms with Gasteiger partial charge in [0.1, 0.15) is 11.8 Å². The van der Waals surface area contributed by atoms with E-state index >= 15 is 0 Å². The highest BCUT2D eigenvalue weighted by atomic mass is 79.9. The molecule has 28 heavy (non-hydrogen) atoms. The maximum atomic E-state index is 12.9. The summed E-state index contributed by atoms with van der Waals surface area (Å²) in [7, 11) is 0. The number of ether oxygens (including phenoxy) is 1. The minimum atomic E-state index is -0.614. The van der Waals surface area contributed by atoms with Crippen LogP contribution in [0.2, 0.25) is 5.02 Å². The standard InChI is InChI=1S/C21H24BrClN2O3/c1-3-11-24-21(27)15(2)25(13-16-7-5-4-6-8-16)20(26)14-28-19-10-9-17(23)12-18(19)22/h4-10,12,15H,3,11,13-14H2,1-2H3,(H,24,27)/t15-/m1/s1. The summed E-state index contributed by atoms with van der Waals surface area (Å²) in [5.41, 5.74) is 0.943. The zero-order valence-corrected chi connectivity index (χ0v) is 18.3. The van der Waals surface area contributed by atoms with Crippen molar-refractivity contribution >= 4 is 39.3 Å². The van der Waals surface area contributed by atoms with Crippen molar-refractivity contribution in [3.05, 3.63) is 63.6 Å². The number of nitrogens with one attached hydrogen (secondary N) is 1. The molecule has 0 aliphatic carbocycles. The lowest BCUT2D eigenvalue weighted by molar-refractivity contribution is -0.142. The molecule has 0 bridgehead atoms. The smallest absolute Gasteiger partial charge is 0.261 e. The molecule has 0 aromatic heterocycles. The Hall–Kier alpha value is -2.05. The van der Waals surface area contributed by atoms with Crippen LogP contribution >= 0.6 is 27.5 Å². The van der Waals surface area contributed by atoms with Gasteiger partial charge in [-0.3, -0.25) is 9.59 Å². The van der Waals surface area contributed by atoms with Crippen molar-refractivity contribution in [2.24, 2.45) is 0 Å². The highest BCUT2D eigenvalue weighted by molar-refractivity contribution is 9.10. The Kier molecular flexibility index (Phi) is 8.80. The largest absolute Gasteiger partial charge is 0.483 e. The van der Waals surface area contributed by atoms with Gasteiger partial charge in [-0.1, -0.05) is 48.9 Å². The number of carbonyl (C=O) groups excluding carboxylic acids is 2. The first-order chi connectivity index (χ1) is 13.4. The molecule has 0 aliphatic rings. The third-order valence-corrected chi connectivity index (χ3v) is 5.01. The average Bonchev–Trinajstić information content (AvgIpc) is 2.69. The number of hydrogen-bond acceptors (Lipinski definition) is 3. The van der Waals surface area contributed by atoms with Crippen LogP contribution in [0, 0.1) is 0 Å². The fourth-order valence-electron chi connectivity index (χ4n) is 2.57. The van der Waals surface area contributed by atoms with Crippen LogP contribution in [0.25, 0.3) is 0 Å². The molecule has 0 saturated heterocycles. The van der Waals surface area contributed by atoms with Gasteiger partial charge in [0, 0.05) is 18.1 Å². The molecule has 0 fully saturated rings. The van der Waals surface area contributed by atoms with Gasteiger partial charge in [0.05, 0.1) is 4.47 Å². The number of carbonyl (C=O) groups is 2. The molecule has 0 spiro atoms. The second-order valence-electron chi connectivity index (χ2n) is 6.34. The number of nitrogens with zero attached hydrogens (tertiary/aromatic N) is 1. The maximum absolute atomic E-state index is 12.9. The third kappa shape index (κ3) is 6.53. The van der Waals surface area contributed by atoms with Crippen molar-refractivity contribution < 1.29 is 14.3 Å². The molecule has 0 heterocycles. The summed E-state index contributed by atoms with van der Waals surface area (Å²) in [4.78, 5) is 26.9. The van der Waals surface area contributed by atoms with E-state index in [0.717, 1.165) is 12.0 Å². The van der Waals surface area contributed by atoms with Gasteiger partial charge >= 0.3 is 0 Å².